The lowest BCUT2D eigenvalue weighted by Crippen LogP contribution is -2.43. The van der Waals surface area contributed by atoms with Crippen molar-refractivity contribution in [3.05, 3.63) is 58.7 Å². The van der Waals surface area contributed by atoms with E-state index >= 15 is 0 Å². The molecule has 0 fully saturated rings. The maximum atomic E-state index is 14.4. The molecule has 3 aromatic rings. The Kier molecular flexibility index (Phi) is 5.69. The number of hydrogen-bond acceptors (Lipinski definition) is 5. The number of para-hydroxylation sites is 2. The Morgan fingerprint density at radius 3 is 2.79 bits per heavy atom. The van der Waals surface area contributed by atoms with Crippen molar-refractivity contribution >= 4 is 27.3 Å². The van der Waals surface area contributed by atoms with Gasteiger partial charge in [-0.25, -0.2) is 4.39 Å². The first-order valence-electron chi connectivity index (χ1n) is 9.49. The molecule has 1 unspecified atom stereocenters. The van der Waals surface area contributed by atoms with Gasteiger partial charge >= 0.3 is 0 Å². The Labute approximate surface area is 172 Å². The number of ether oxygens (including phenoxy) is 3. The van der Waals surface area contributed by atoms with Crippen molar-refractivity contribution in [2.75, 3.05) is 26.8 Å². The van der Waals surface area contributed by atoms with Gasteiger partial charge in [0.25, 0.3) is 5.91 Å². The molecule has 7 heteroatoms. The maximum Gasteiger partial charge on any atom is 0.264 e. The number of fused-ring (bicyclic) bond motifs is 2. The fraction of sp³-hybridized carbons (Fsp3) is 0.318. The molecule has 0 bridgehead atoms. The molecular formula is C22H22FNO4S. The first kappa shape index (κ1) is 19.7. The second-order valence-electron chi connectivity index (χ2n) is 6.80. The van der Waals surface area contributed by atoms with Crippen LogP contribution in [-0.4, -0.2) is 43.7 Å². The predicted octanol–water partition coefficient (Wildman–Crippen LogP) is 4.49. The SMILES string of the molecule is CCN(CC1COc2ccccc2O1)C(=O)c1sc2cccc(F)c2c1COC. The Hall–Kier alpha value is -2.64. The lowest BCUT2D eigenvalue weighted by Gasteiger charge is -2.30. The minimum absolute atomic E-state index is 0.150. The highest BCUT2D eigenvalue weighted by Gasteiger charge is 2.28. The number of hydrogen-bond donors (Lipinski definition) is 0. The average molecular weight is 415 g/mol. The molecular weight excluding hydrogens is 393 g/mol. The summed E-state index contributed by atoms with van der Waals surface area (Å²) in [6.45, 7) is 3.35. The van der Waals surface area contributed by atoms with E-state index in [1.54, 1.807) is 18.1 Å². The van der Waals surface area contributed by atoms with E-state index < -0.39 is 0 Å². The summed E-state index contributed by atoms with van der Waals surface area (Å²) >= 11 is 1.30. The molecule has 4 rings (SSSR count). The number of carbonyl (C=O) groups is 1. The first-order valence-corrected chi connectivity index (χ1v) is 10.3. The van der Waals surface area contributed by atoms with Crippen molar-refractivity contribution in [2.45, 2.75) is 19.6 Å². The average Bonchev–Trinajstić information content (AvgIpc) is 3.11. The van der Waals surface area contributed by atoms with E-state index in [9.17, 15) is 9.18 Å². The van der Waals surface area contributed by atoms with Crippen molar-refractivity contribution in [2.24, 2.45) is 0 Å². The van der Waals surface area contributed by atoms with Crippen LogP contribution in [0.15, 0.2) is 42.5 Å². The molecule has 1 aliphatic rings. The molecule has 2 aromatic carbocycles. The summed E-state index contributed by atoms with van der Waals surface area (Å²) in [7, 11) is 1.54. The summed E-state index contributed by atoms with van der Waals surface area (Å²) in [5.74, 6) is 0.896. The van der Waals surface area contributed by atoms with Crippen LogP contribution in [0.1, 0.15) is 22.2 Å². The van der Waals surface area contributed by atoms with Gasteiger partial charge < -0.3 is 19.1 Å². The molecule has 0 aliphatic carbocycles. The van der Waals surface area contributed by atoms with Crippen LogP contribution in [0, 0.1) is 5.82 Å². The van der Waals surface area contributed by atoms with Gasteiger partial charge in [0, 0.05) is 29.3 Å². The molecule has 29 heavy (non-hydrogen) atoms. The van der Waals surface area contributed by atoms with Gasteiger partial charge in [0.15, 0.2) is 17.6 Å². The first-order chi connectivity index (χ1) is 14.1. The van der Waals surface area contributed by atoms with E-state index in [-0.39, 0.29) is 24.4 Å². The molecule has 0 N–H and O–H groups in total. The van der Waals surface area contributed by atoms with Crippen LogP contribution in [-0.2, 0) is 11.3 Å². The summed E-state index contributed by atoms with van der Waals surface area (Å²) in [6, 6.07) is 12.4. The quantitative estimate of drug-likeness (QED) is 0.595. The summed E-state index contributed by atoms with van der Waals surface area (Å²) < 4.78 is 32.2. The van der Waals surface area contributed by atoms with Crippen molar-refractivity contribution in [3.63, 3.8) is 0 Å². The zero-order valence-corrected chi connectivity index (χ0v) is 17.1. The highest BCUT2D eigenvalue weighted by atomic mass is 32.1. The Bertz CT molecular complexity index is 1030. The molecule has 0 spiro atoms. The lowest BCUT2D eigenvalue weighted by molar-refractivity contribution is 0.0476. The molecule has 5 nitrogen and oxygen atoms in total. The second-order valence-corrected chi connectivity index (χ2v) is 7.85. The summed E-state index contributed by atoms with van der Waals surface area (Å²) in [5, 5.41) is 0.463. The monoisotopic (exact) mass is 415 g/mol. The molecule has 1 atom stereocenters. The number of nitrogens with zero attached hydrogens (tertiary/aromatic N) is 1. The number of halogens is 1. The zero-order chi connectivity index (χ0) is 20.4. The van der Waals surface area contributed by atoms with Crippen LogP contribution in [0.2, 0.25) is 0 Å². The second kappa shape index (κ2) is 8.39. The van der Waals surface area contributed by atoms with Crippen LogP contribution >= 0.6 is 11.3 Å². The molecule has 1 aliphatic heterocycles. The predicted molar refractivity (Wildman–Crippen MR) is 110 cm³/mol. The molecule has 0 saturated heterocycles. The van der Waals surface area contributed by atoms with Crippen LogP contribution in [0.4, 0.5) is 4.39 Å². The molecule has 0 radical (unpaired) electrons. The molecule has 1 aromatic heterocycles. The molecule has 1 amide bonds. The Balaban J connectivity index is 1.59. The number of benzene rings is 2. The number of methoxy groups -OCH3 is 1. The highest BCUT2D eigenvalue weighted by molar-refractivity contribution is 7.21. The van der Waals surface area contributed by atoms with E-state index in [0.717, 1.165) is 4.70 Å². The van der Waals surface area contributed by atoms with Gasteiger partial charge in [0.05, 0.1) is 18.0 Å². The van der Waals surface area contributed by atoms with Crippen LogP contribution in [0.5, 0.6) is 11.5 Å². The van der Waals surface area contributed by atoms with Crippen LogP contribution in [0.25, 0.3) is 10.1 Å². The maximum absolute atomic E-state index is 14.4. The van der Waals surface area contributed by atoms with Gasteiger partial charge in [0.1, 0.15) is 12.4 Å². The molecule has 2 heterocycles. The summed E-state index contributed by atoms with van der Waals surface area (Å²) in [4.78, 5) is 15.6. The van der Waals surface area contributed by atoms with E-state index in [4.69, 9.17) is 14.2 Å². The Morgan fingerprint density at radius 2 is 2.03 bits per heavy atom. The lowest BCUT2D eigenvalue weighted by atomic mass is 10.1. The van der Waals surface area contributed by atoms with Gasteiger partial charge in [-0.2, -0.15) is 0 Å². The van der Waals surface area contributed by atoms with E-state index in [1.807, 2.05) is 37.3 Å². The van der Waals surface area contributed by atoms with Gasteiger partial charge in [-0.1, -0.05) is 18.2 Å². The van der Waals surface area contributed by atoms with Gasteiger partial charge in [0.2, 0.25) is 0 Å². The smallest absolute Gasteiger partial charge is 0.264 e. The number of thiophene rings is 1. The highest BCUT2D eigenvalue weighted by Crippen LogP contribution is 2.35. The minimum atomic E-state index is -0.339. The standard InChI is InChI=1S/C22H22FNO4S/c1-3-24(11-14-12-27-17-8-4-5-9-18(17)28-14)22(25)21-15(13-26-2)20-16(23)7-6-10-19(20)29-21/h4-10,14H,3,11-13H2,1-2H3. The van der Waals surface area contributed by atoms with Crippen LogP contribution in [0.3, 0.4) is 0 Å². The number of likely N-dealkylation sites (N-methyl/N-ethyl adjacent to an activating group) is 1. The van der Waals surface area contributed by atoms with Crippen molar-refractivity contribution in [1.29, 1.82) is 0 Å². The third kappa shape index (κ3) is 3.80. The molecule has 0 saturated carbocycles. The largest absolute Gasteiger partial charge is 0.486 e. The minimum Gasteiger partial charge on any atom is -0.486 e. The zero-order valence-electron chi connectivity index (χ0n) is 16.3. The van der Waals surface area contributed by atoms with Crippen molar-refractivity contribution in [3.8, 4) is 11.5 Å². The van der Waals surface area contributed by atoms with Gasteiger partial charge in [-0.05, 0) is 31.2 Å². The number of amides is 1. The van der Waals surface area contributed by atoms with Gasteiger partial charge in [-0.3, -0.25) is 4.79 Å². The topological polar surface area (TPSA) is 48.0 Å². The van der Waals surface area contributed by atoms with Crippen molar-refractivity contribution in [1.82, 2.24) is 4.90 Å². The van der Waals surface area contributed by atoms with E-state index in [0.29, 0.717) is 47.0 Å². The van der Waals surface area contributed by atoms with E-state index in [1.165, 1.54) is 17.4 Å². The normalized spacial score (nSPS) is 15.5. The number of carbonyl (C=O) groups excluding carboxylic acids is 1. The fourth-order valence-electron chi connectivity index (χ4n) is 3.52. The Morgan fingerprint density at radius 1 is 1.24 bits per heavy atom. The molecule has 152 valence electrons. The summed E-state index contributed by atoms with van der Waals surface area (Å²) in [6.07, 6.45) is -0.272. The third-order valence-corrected chi connectivity index (χ3v) is 6.09. The summed E-state index contributed by atoms with van der Waals surface area (Å²) in [5.41, 5.74) is 0.597. The van der Waals surface area contributed by atoms with Crippen LogP contribution < -0.4 is 9.47 Å². The van der Waals surface area contributed by atoms with E-state index in [2.05, 4.69) is 0 Å². The van der Waals surface area contributed by atoms with Crippen molar-refractivity contribution < 1.29 is 23.4 Å². The number of rotatable bonds is 6. The fourth-order valence-corrected chi connectivity index (χ4v) is 4.71. The van der Waals surface area contributed by atoms with Gasteiger partial charge in [-0.15, -0.1) is 11.3 Å². The third-order valence-electron chi connectivity index (χ3n) is 4.91.